The van der Waals surface area contributed by atoms with Gasteiger partial charge in [0.25, 0.3) is 0 Å². The van der Waals surface area contributed by atoms with Crippen LogP contribution < -0.4 is 0 Å². The fourth-order valence-electron chi connectivity index (χ4n) is 2.12. The van der Waals surface area contributed by atoms with Crippen LogP contribution in [-0.2, 0) is 18.3 Å². The highest BCUT2D eigenvalue weighted by molar-refractivity contribution is 5.90. The Kier molecular flexibility index (Phi) is 6.71. The van der Waals surface area contributed by atoms with Crippen LogP contribution >= 0.6 is 0 Å². The Morgan fingerprint density at radius 2 is 2.15 bits per heavy atom. The monoisotopic (exact) mass is 281 g/mol. The zero-order valence-electron chi connectivity index (χ0n) is 13.3. The maximum atomic E-state index is 11.9. The van der Waals surface area contributed by atoms with Gasteiger partial charge in [-0.3, -0.25) is 9.58 Å². The van der Waals surface area contributed by atoms with E-state index in [2.05, 4.69) is 30.8 Å². The topological polar surface area (TPSA) is 47.4 Å². The summed E-state index contributed by atoms with van der Waals surface area (Å²) >= 11 is 0. The van der Waals surface area contributed by atoms with Crippen molar-refractivity contribution in [2.45, 2.75) is 40.7 Å². The first-order valence-electron chi connectivity index (χ1n) is 7.43. The third-order valence-electron chi connectivity index (χ3n) is 3.64. The van der Waals surface area contributed by atoms with E-state index in [9.17, 15) is 4.79 Å². The molecule has 0 aliphatic heterocycles. The minimum Gasteiger partial charge on any atom is -0.462 e. The zero-order chi connectivity index (χ0) is 15.1. The zero-order valence-corrected chi connectivity index (χ0v) is 13.3. The quantitative estimate of drug-likeness (QED) is 0.687. The minimum atomic E-state index is -0.282. The summed E-state index contributed by atoms with van der Waals surface area (Å²) in [5, 5.41) is 4.20. The SMILES string of the molecule is CCOC(=O)c1cnn(C)c1CN(CC)CC(C)CC. The maximum Gasteiger partial charge on any atom is 0.341 e. The van der Waals surface area contributed by atoms with Gasteiger partial charge in [-0.05, 0) is 19.4 Å². The molecule has 1 aromatic heterocycles. The van der Waals surface area contributed by atoms with Gasteiger partial charge in [-0.15, -0.1) is 0 Å². The summed E-state index contributed by atoms with van der Waals surface area (Å²) < 4.78 is 6.86. The van der Waals surface area contributed by atoms with E-state index in [0.717, 1.165) is 31.7 Å². The van der Waals surface area contributed by atoms with E-state index in [1.807, 2.05) is 14.0 Å². The molecule has 0 saturated heterocycles. The molecule has 1 rings (SSSR count). The molecule has 0 fully saturated rings. The van der Waals surface area contributed by atoms with Crippen LogP contribution in [0.3, 0.4) is 0 Å². The lowest BCUT2D eigenvalue weighted by Gasteiger charge is -2.24. The van der Waals surface area contributed by atoms with Crippen LogP contribution in [0.5, 0.6) is 0 Å². The number of carbonyl (C=O) groups excluding carboxylic acids is 1. The van der Waals surface area contributed by atoms with Crippen LogP contribution in [0.15, 0.2) is 6.20 Å². The number of ether oxygens (including phenoxy) is 1. The van der Waals surface area contributed by atoms with Crippen molar-refractivity contribution in [3.8, 4) is 0 Å². The van der Waals surface area contributed by atoms with E-state index in [1.54, 1.807) is 10.9 Å². The van der Waals surface area contributed by atoms with E-state index in [0.29, 0.717) is 18.1 Å². The van der Waals surface area contributed by atoms with Gasteiger partial charge in [0.15, 0.2) is 0 Å². The molecule has 0 aliphatic carbocycles. The van der Waals surface area contributed by atoms with Gasteiger partial charge >= 0.3 is 5.97 Å². The number of carbonyl (C=O) groups is 1. The second-order valence-electron chi connectivity index (χ2n) is 5.19. The summed E-state index contributed by atoms with van der Waals surface area (Å²) in [5.41, 5.74) is 1.51. The van der Waals surface area contributed by atoms with E-state index in [1.165, 1.54) is 0 Å². The molecule has 5 nitrogen and oxygen atoms in total. The molecule has 114 valence electrons. The molecule has 0 saturated carbocycles. The third kappa shape index (κ3) is 4.34. The van der Waals surface area contributed by atoms with Gasteiger partial charge in [-0.25, -0.2) is 4.79 Å². The maximum absolute atomic E-state index is 11.9. The molecule has 0 amide bonds. The normalized spacial score (nSPS) is 12.7. The highest BCUT2D eigenvalue weighted by Gasteiger charge is 2.19. The molecule has 0 aromatic carbocycles. The number of aromatic nitrogens is 2. The summed E-state index contributed by atoms with van der Waals surface area (Å²) in [6, 6.07) is 0. The van der Waals surface area contributed by atoms with Crippen LogP contribution in [0.2, 0.25) is 0 Å². The van der Waals surface area contributed by atoms with Gasteiger partial charge in [0.1, 0.15) is 5.56 Å². The van der Waals surface area contributed by atoms with Crippen molar-refractivity contribution in [1.82, 2.24) is 14.7 Å². The Bertz CT molecular complexity index is 429. The fourth-order valence-corrected chi connectivity index (χ4v) is 2.12. The molecule has 20 heavy (non-hydrogen) atoms. The van der Waals surface area contributed by atoms with E-state index in [-0.39, 0.29) is 5.97 Å². The number of esters is 1. The van der Waals surface area contributed by atoms with Crippen LogP contribution in [0.25, 0.3) is 0 Å². The third-order valence-corrected chi connectivity index (χ3v) is 3.64. The second kappa shape index (κ2) is 8.04. The van der Waals surface area contributed by atoms with Crippen LogP contribution in [0.4, 0.5) is 0 Å². The molecule has 1 atom stereocenters. The number of nitrogens with zero attached hydrogens (tertiary/aromatic N) is 3. The standard InChI is InChI=1S/C15H27N3O2/c1-6-12(4)10-18(7-2)11-14-13(9-16-17(14)5)15(19)20-8-3/h9,12H,6-8,10-11H2,1-5H3. The Morgan fingerprint density at radius 3 is 2.70 bits per heavy atom. The average Bonchev–Trinajstić information content (AvgIpc) is 2.79. The Labute approximate surface area is 121 Å². The summed E-state index contributed by atoms with van der Waals surface area (Å²) in [4.78, 5) is 14.3. The first kappa shape index (κ1) is 16.7. The Hall–Kier alpha value is -1.36. The first-order chi connectivity index (χ1) is 9.53. The van der Waals surface area contributed by atoms with Gasteiger partial charge in [-0.2, -0.15) is 5.10 Å². The predicted octanol–water partition coefficient (Wildman–Crippen LogP) is 2.46. The molecule has 0 radical (unpaired) electrons. The van der Waals surface area contributed by atoms with Crippen molar-refractivity contribution >= 4 is 5.97 Å². The summed E-state index contributed by atoms with van der Waals surface area (Å²) in [5.74, 6) is 0.365. The van der Waals surface area contributed by atoms with Crippen LogP contribution in [0, 0.1) is 5.92 Å². The van der Waals surface area contributed by atoms with E-state index in [4.69, 9.17) is 4.74 Å². The minimum absolute atomic E-state index is 0.282. The van der Waals surface area contributed by atoms with Crippen molar-refractivity contribution < 1.29 is 9.53 Å². The second-order valence-corrected chi connectivity index (χ2v) is 5.19. The molecule has 0 spiro atoms. The molecular weight excluding hydrogens is 254 g/mol. The average molecular weight is 281 g/mol. The first-order valence-corrected chi connectivity index (χ1v) is 7.43. The predicted molar refractivity (Wildman–Crippen MR) is 79.6 cm³/mol. The van der Waals surface area contributed by atoms with Gasteiger partial charge in [0.2, 0.25) is 0 Å². The number of rotatable bonds is 8. The summed E-state index contributed by atoms with van der Waals surface area (Å²) in [6.45, 7) is 11.5. The highest BCUT2D eigenvalue weighted by atomic mass is 16.5. The fraction of sp³-hybridized carbons (Fsp3) is 0.733. The lowest BCUT2D eigenvalue weighted by molar-refractivity contribution is 0.0523. The smallest absolute Gasteiger partial charge is 0.341 e. The van der Waals surface area contributed by atoms with Gasteiger partial charge in [-0.1, -0.05) is 27.2 Å². The molecule has 1 unspecified atom stereocenters. The number of hydrogen-bond acceptors (Lipinski definition) is 4. The molecule has 1 heterocycles. The largest absolute Gasteiger partial charge is 0.462 e. The number of aryl methyl sites for hydroxylation is 1. The van der Waals surface area contributed by atoms with Crippen molar-refractivity contribution in [2.75, 3.05) is 19.7 Å². The molecule has 1 aromatic rings. The molecular formula is C15H27N3O2. The highest BCUT2D eigenvalue weighted by Crippen LogP contribution is 2.14. The van der Waals surface area contributed by atoms with Crippen molar-refractivity contribution in [3.63, 3.8) is 0 Å². The molecule has 5 heteroatoms. The lowest BCUT2D eigenvalue weighted by Crippen LogP contribution is -2.29. The van der Waals surface area contributed by atoms with Crippen molar-refractivity contribution in [3.05, 3.63) is 17.5 Å². The van der Waals surface area contributed by atoms with Gasteiger partial charge < -0.3 is 4.74 Å². The molecule has 0 bridgehead atoms. The lowest BCUT2D eigenvalue weighted by atomic mass is 10.1. The van der Waals surface area contributed by atoms with Crippen LogP contribution in [-0.4, -0.2) is 40.3 Å². The van der Waals surface area contributed by atoms with Crippen LogP contribution in [0.1, 0.15) is 50.2 Å². The van der Waals surface area contributed by atoms with Crippen molar-refractivity contribution in [2.24, 2.45) is 13.0 Å². The number of hydrogen-bond donors (Lipinski definition) is 0. The summed E-state index contributed by atoms with van der Waals surface area (Å²) in [6.07, 6.45) is 2.76. The molecule has 0 aliphatic rings. The van der Waals surface area contributed by atoms with Crippen molar-refractivity contribution in [1.29, 1.82) is 0 Å². The van der Waals surface area contributed by atoms with E-state index >= 15 is 0 Å². The van der Waals surface area contributed by atoms with Gasteiger partial charge in [0, 0.05) is 20.1 Å². The molecule has 0 N–H and O–H groups in total. The Balaban J connectivity index is 2.84. The Morgan fingerprint density at radius 1 is 1.45 bits per heavy atom. The van der Waals surface area contributed by atoms with E-state index < -0.39 is 0 Å². The van der Waals surface area contributed by atoms with Gasteiger partial charge in [0.05, 0.1) is 18.5 Å². The summed E-state index contributed by atoms with van der Waals surface area (Å²) in [7, 11) is 1.87.